The van der Waals surface area contributed by atoms with Gasteiger partial charge in [0.2, 0.25) is 5.82 Å². The van der Waals surface area contributed by atoms with E-state index in [1.54, 1.807) is 35.9 Å². The van der Waals surface area contributed by atoms with Crippen LogP contribution in [-0.2, 0) is 17.8 Å². The van der Waals surface area contributed by atoms with Gasteiger partial charge in [-0.25, -0.2) is 14.1 Å². The summed E-state index contributed by atoms with van der Waals surface area (Å²) in [5.41, 5.74) is 2.10. The third-order valence-corrected chi connectivity index (χ3v) is 4.73. The van der Waals surface area contributed by atoms with Gasteiger partial charge in [-0.05, 0) is 55.3 Å². The SMILES string of the molecule is Cc1nc(C(=O)NCCc2cc(F)cc3c2OCOC3)nn1-c1ccc(Cl)cc1. The number of fused-ring (bicyclic) bond motifs is 1. The minimum absolute atomic E-state index is 0.0587. The molecule has 0 atom stereocenters. The molecular weight excluding hydrogens is 399 g/mol. The minimum atomic E-state index is -0.407. The van der Waals surface area contributed by atoms with Crippen LogP contribution in [0.2, 0.25) is 5.02 Å². The average Bonchev–Trinajstić information content (AvgIpc) is 3.10. The van der Waals surface area contributed by atoms with Crippen LogP contribution in [0.5, 0.6) is 5.75 Å². The molecule has 4 rings (SSSR count). The first-order chi connectivity index (χ1) is 14.0. The van der Waals surface area contributed by atoms with Crippen molar-refractivity contribution in [2.45, 2.75) is 20.0 Å². The lowest BCUT2D eigenvalue weighted by molar-refractivity contribution is -0.0172. The third-order valence-electron chi connectivity index (χ3n) is 4.47. The van der Waals surface area contributed by atoms with Gasteiger partial charge in [-0.3, -0.25) is 4.79 Å². The van der Waals surface area contributed by atoms with E-state index in [0.717, 1.165) is 5.69 Å². The van der Waals surface area contributed by atoms with Crippen LogP contribution in [0.25, 0.3) is 5.69 Å². The maximum absolute atomic E-state index is 13.8. The fourth-order valence-corrected chi connectivity index (χ4v) is 3.27. The van der Waals surface area contributed by atoms with Crippen molar-refractivity contribution in [2.75, 3.05) is 13.3 Å². The van der Waals surface area contributed by atoms with Crippen molar-refractivity contribution in [3.63, 3.8) is 0 Å². The maximum atomic E-state index is 13.8. The first kappa shape index (κ1) is 19.4. The predicted molar refractivity (Wildman–Crippen MR) is 104 cm³/mol. The van der Waals surface area contributed by atoms with Gasteiger partial charge in [-0.1, -0.05) is 11.6 Å². The second-order valence-corrected chi connectivity index (χ2v) is 6.98. The van der Waals surface area contributed by atoms with Crippen LogP contribution < -0.4 is 10.1 Å². The second kappa shape index (κ2) is 8.18. The molecule has 9 heteroatoms. The van der Waals surface area contributed by atoms with Crippen LogP contribution in [0, 0.1) is 12.7 Å². The van der Waals surface area contributed by atoms with Crippen molar-refractivity contribution < 1.29 is 18.7 Å². The van der Waals surface area contributed by atoms with Crippen molar-refractivity contribution >= 4 is 17.5 Å². The number of hydrogen-bond acceptors (Lipinski definition) is 5. The van der Waals surface area contributed by atoms with Crippen molar-refractivity contribution in [1.82, 2.24) is 20.1 Å². The van der Waals surface area contributed by atoms with Crippen molar-refractivity contribution in [3.05, 3.63) is 70.0 Å². The fraction of sp³-hybridized carbons (Fsp3) is 0.250. The van der Waals surface area contributed by atoms with Gasteiger partial charge in [-0.15, -0.1) is 5.10 Å². The van der Waals surface area contributed by atoms with E-state index >= 15 is 0 Å². The topological polar surface area (TPSA) is 78.3 Å². The molecule has 3 aromatic rings. The maximum Gasteiger partial charge on any atom is 0.290 e. The first-order valence-electron chi connectivity index (χ1n) is 9.01. The van der Waals surface area contributed by atoms with E-state index in [0.29, 0.717) is 40.8 Å². The second-order valence-electron chi connectivity index (χ2n) is 6.54. The molecule has 0 saturated heterocycles. The predicted octanol–water partition coefficient (Wildman–Crippen LogP) is 3.21. The highest BCUT2D eigenvalue weighted by atomic mass is 35.5. The van der Waals surface area contributed by atoms with E-state index in [1.165, 1.54) is 12.1 Å². The highest BCUT2D eigenvalue weighted by molar-refractivity contribution is 6.30. The lowest BCUT2D eigenvalue weighted by atomic mass is 10.1. The molecule has 2 aromatic carbocycles. The smallest absolute Gasteiger partial charge is 0.290 e. The molecule has 7 nitrogen and oxygen atoms in total. The van der Waals surface area contributed by atoms with E-state index < -0.39 is 5.91 Å². The van der Waals surface area contributed by atoms with Crippen molar-refractivity contribution in [1.29, 1.82) is 0 Å². The molecule has 0 saturated carbocycles. The van der Waals surface area contributed by atoms with E-state index in [-0.39, 0.29) is 25.0 Å². The highest BCUT2D eigenvalue weighted by Crippen LogP contribution is 2.29. The molecule has 1 amide bonds. The van der Waals surface area contributed by atoms with Crippen molar-refractivity contribution in [3.8, 4) is 11.4 Å². The zero-order valence-corrected chi connectivity index (χ0v) is 16.4. The molecule has 29 heavy (non-hydrogen) atoms. The Balaban J connectivity index is 1.43. The summed E-state index contributed by atoms with van der Waals surface area (Å²) in [5, 5.41) is 7.65. The van der Waals surface area contributed by atoms with Crippen LogP contribution in [0.1, 0.15) is 27.6 Å². The van der Waals surface area contributed by atoms with E-state index in [2.05, 4.69) is 15.4 Å². The molecule has 0 radical (unpaired) electrons. The molecule has 0 fully saturated rings. The molecule has 1 aromatic heterocycles. The van der Waals surface area contributed by atoms with E-state index in [1.807, 2.05) is 0 Å². The lowest BCUT2D eigenvalue weighted by Crippen LogP contribution is -2.27. The normalized spacial score (nSPS) is 12.9. The molecule has 0 bridgehead atoms. The molecule has 1 aliphatic heterocycles. The molecule has 0 unspecified atom stereocenters. The van der Waals surface area contributed by atoms with Crippen LogP contribution in [0.15, 0.2) is 36.4 Å². The Morgan fingerprint density at radius 2 is 2.10 bits per heavy atom. The quantitative estimate of drug-likeness (QED) is 0.691. The van der Waals surface area contributed by atoms with Crippen LogP contribution in [0.4, 0.5) is 4.39 Å². The van der Waals surface area contributed by atoms with Gasteiger partial charge in [-0.2, -0.15) is 0 Å². The number of rotatable bonds is 5. The molecular formula is C20H18ClFN4O3. The molecule has 2 heterocycles. The number of aryl methyl sites for hydroxylation is 1. The Morgan fingerprint density at radius 3 is 2.90 bits per heavy atom. The molecule has 0 spiro atoms. The van der Waals surface area contributed by atoms with Crippen LogP contribution >= 0.6 is 11.6 Å². The lowest BCUT2D eigenvalue weighted by Gasteiger charge is -2.20. The van der Waals surface area contributed by atoms with Gasteiger partial charge in [0.1, 0.15) is 17.4 Å². The summed E-state index contributed by atoms with van der Waals surface area (Å²) in [6, 6.07) is 9.88. The van der Waals surface area contributed by atoms with Crippen molar-refractivity contribution in [2.24, 2.45) is 0 Å². The Kier molecular flexibility index (Phi) is 5.46. The Morgan fingerprint density at radius 1 is 1.31 bits per heavy atom. The highest BCUT2D eigenvalue weighted by Gasteiger charge is 2.18. The van der Waals surface area contributed by atoms with Gasteiger partial charge in [0, 0.05) is 17.1 Å². The van der Waals surface area contributed by atoms with Gasteiger partial charge in [0.05, 0.1) is 12.3 Å². The molecule has 0 aliphatic carbocycles. The number of aromatic nitrogens is 3. The number of carbonyl (C=O) groups excluding carboxylic acids is 1. The summed E-state index contributed by atoms with van der Waals surface area (Å²) in [6.45, 7) is 2.48. The van der Waals surface area contributed by atoms with Gasteiger partial charge >= 0.3 is 0 Å². The van der Waals surface area contributed by atoms with Gasteiger partial charge < -0.3 is 14.8 Å². The monoisotopic (exact) mass is 416 g/mol. The Bertz CT molecular complexity index is 1050. The van der Waals surface area contributed by atoms with Crippen LogP contribution in [-0.4, -0.2) is 34.0 Å². The number of hydrogen-bond donors (Lipinski definition) is 1. The number of carbonyl (C=O) groups is 1. The molecule has 1 aliphatic rings. The molecule has 150 valence electrons. The summed E-state index contributed by atoms with van der Waals surface area (Å²) in [4.78, 5) is 16.7. The van der Waals surface area contributed by atoms with Gasteiger partial charge in [0.25, 0.3) is 5.91 Å². The number of benzene rings is 2. The number of nitrogens with one attached hydrogen (secondary N) is 1. The number of ether oxygens (including phenoxy) is 2. The molecule has 1 N–H and O–H groups in total. The zero-order chi connectivity index (χ0) is 20.4. The van der Waals surface area contributed by atoms with Crippen LogP contribution in [0.3, 0.4) is 0 Å². The summed E-state index contributed by atoms with van der Waals surface area (Å²) < 4.78 is 26.0. The van der Waals surface area contributed by atoms with E-state index in [9.17, 15) is 9.18 Å². The summed E-state index contributed by atoms with van der Waals surface area (Å²) in [5.74, 6) is 0.481. The standard InChI is InChI=1S/C20H18ClFN4O3/c1-12-24-19(25-26(12)17-4-2-15(21)3-5-17)20(27)23-7-6-13-8-16(22)9-14-10-28-11-29-18(13)14/h2-5,8-9H,6-7,10-11H2,1H3,(H,23,27). The largest absolute Gasteiger partial charge is 0.467 e. The number of amides is 1. The summed E-state index contributed by atoms with van der Waals surface area (Å²) >= 11 is 5.91. The zero-order valence-electron chi connectivity index (χ0n) is 15.6. The van der Waals surface area contributed by atoms with Gasteiger partial charge in [0.15, 0.2) is 6.79 Å². The number of nitrogens with zero attached hydrogens (tertiary/aromatic N) is 3. The summed E-state index contributed by atoms with van der Waals surface area (Å²) in [6.07, 6.45) is 0.405. The number of halogens is 2. The average molecular weight is 417 g/mol. The minimum Gasteiger partial charge on any atom is -0.467 e. The fourth-order valence-electron chi connectivity index (χ4n) is 3.15. The first-order valence-corrected chi connectivity index (χ1v) is 9.38. The third kappa shape index (κ3) is 4.23. The Hall–Kier alpha value is -2.97. The van der Waals surface area contributed by atoms with E-state index in [4.69, 9.17) is 21.1 Å². The Labute approximate surface area is 171 Å². The summed E-state index contributed by atoms with van der Waals surface area (Å²) in [7, 11) is 0.